The Morgan fingerprint density at radius 2 is 2.00 bits per heavy atom. The first kappa shape index (κ1) is 8.85. The minimum Gasteiger partial charge on any atom is -0.391 e. The zero-order valence-electron chi connectivity index (χ0n) is 7.26. The number of rotatable bonds is 2. The van der Waals surface area contributed by atoms with Gasteiger partial charge in [0.2, 0.25) is 0 Å². The van der Waals surface area contributed by atoms with E-state index in [0.717, 1.165) is 6.42 Å². The number of thioether (sulfide) groups is 1. The first-order chi connectivity index (χ1) is 6.36. The normalized spacial score (nSPS) is 26.5. The fourth-order valence-corrected chi connectivity index (χ4v) is 2.47. The molecule has 0 heterocycles. The van der Waals surface area contributed by atoms with E-state index in [-0.39, 0.29) is 11.4 Å². The van der Waals surface area contributed by atoms with E-state index >= 15 is 0 Å². The quantitative estimate of drug-likeness (QED) is 0.726. The second-order valence-electron chi connectivity index (χ2n) is 3.13. The van der Waals surface area contributed by atoms with Crippen molar-refractivity contribution in [2.24, 2.45) is 0 Å². The molecule has 2 atom stereocenters. The van der Waals surface area contributed by atoms with Crippen molar-refractivity contribution in [2.45, 2.75) is 22.7 Å². The molecule has 0 amide bonds. The maximum absolute atomic E-state index is 9.57. The van der Waals surface area contributed by atoms with E-state index in [1.54, 1.807) is 11.8 Å². The van der Waals surface area contributed by atoms with Gasteiger partial charge in [0.1, 0.15) is 0 Å². The van der Waals surface area contributed by atoms with E-state index < -0.39 is 0 Å². The Labute approximate surface area is 82.5 Å². The molecule has 0 saturated heterocycles. The van der Waals surface area contributed by atoms with Gasteiger partial charge in [-0.25, -0.2) is 0 Å². The first-order valence-corrected chi connectivity index (χ1v) is 5.30. The molecule has 0 aromatic heterocycles. The fraction of sp³-hybridized carbons (Fsp3) is 0.273. The molecule has 1 nitrogen and oxygen atoms in total. The van der Waals surface area contributed by atoms with Crippen LogP contribution >= 0.6 is 11.8 Å². The van der Waals surface area contributed by atoms with Crippen LogP contribution in [-0.2, 0) is 0 Å². The van der Waals surface area contributed by atoms with Gasteiger partial charge >= 0.3 is 0 Å². The summed E-state index contributed by atoms with van der Waals surface area (Å²) in [6, 6.07) is 10.2. The molecule has 13 heavy (non-hydrogen) atoms. The van der Waals surface area contributed by atoms with Crippen molar-refractivity contribution in [3.05, 3.63) is 42.5 Å². The van der Waals surface area contributed by atoms with Crippen molar-refractivity contribution in [1.82, 2.24) is 0 Å². The van der Waals surface area contributed by atoms with Gasteiger partial charge in [-0.05, 0) is 18.6 Å². The largest absolute Gasteiger partial charge is 0.391 e. The summed E-state index contributed by atoms with van der Waals surface area (Å²) >= 11 is 1.72. The third kappa shape index (κ3) is 2.14. The second-order valence-corrected chi connectivity index (χ2v) is 4.38. The lowest BCUT2D eigenvalue weighted by atomic mass is 10.3. The zero-order chi connectivity index (χ0) is 9.10. The van der Waals surface area contributed by atoms with Crippen LogP contribution in [-0.4, -0.2) is 16.5 Å². The van der Waals surface area contributed by atoms with Crippen molar-refractivity contribution in [3.63, 3.8) is 0 Å². The number of aliphatic hydroxyl groups excluding tert-OH is 1. The Hall–Kier alpha value is -0.730. The third-order valence-corrected chi connectivity index (χ3v) is 3.39. The number of aliphatic hydroxyl groups is 1. The molecule has 0 aliphatic heterocycles. The minimum atomic E-state index is -0.204. The molecule has 0 spiro atoms. The molecule has 1 N–H and O–H groups in total. The Morgan fingerprint density at radius 1 is 1.23 bits per heavy atom. The maximum Gasteiger partial charge on any atom is 0.0731 e. The van der Waals surface area contributed by atoms with Crippen LogP contribution in [0.25, 0.3) is 0 Å². The Kier molecular flexibility index (Phi) is 2.71. The van der Waals surface area contributed by atoms with E-state index in [9.17, 15) is 5.11 Å². The van der Waals surface area contributed by atoms with Crippen LogP contribution in [0.5, 0.6) is 0 Å². The summed E-state index contributed by atoms with van der Waals surface area (Å²) in [4.78, 5) is 1.22. The summed E-state index contributed by atoms with van der Waals surface area (Å²) in [5.74, 6) is 0. The van der Waals surface area contributed by atoms with Crippen LogP contribution in [0, 0.1) is 0 Å². The van der Waals surface area contributed by atoms with Gasteiger partial charge in [-0.15, -0.1) is 11.8 Å². The average molecular weight is 192 g/mol. The molecule has 68 valence electrons. The molecule has 0 unspecified atom stereocenters. The van der Waals surface area contributed by atoms with Crippen LogP contribution in [0.4, 0.5) is 0 Å². The maximum atomic E-state index is 9.57. The zero-order valence-corrected chi connectivity index (χ0v) is 8.08. The smallest absolute Gasteiger partial charge is 0.0731 e. The molecule has 1 aromatic carbocycles. The lowest BCUT2D eigenvalue weighted by molar-refractivity contribution is 0.194. The van der Waals surface area contributed by atoms with Gasteiger partial charge in [0.25, 0.3) is 0 Å². The summed E-state index contributed by atoms with van der Waals surface area (Å²) in [7, 11) is 0. The highest BCUT2D eigenvalue weighted by molar-refractivity contribution is 8.00. The van der Waals surface area contributed by atoms with E-state index in [2.05, 4.69) is 18.2 Å². The Balaban J connectivity index is 2.02. The van der Waals surface area contributed by atoms with Crippen molar-refractivity contribution in [1.29, 1.82) is 0 Å². The van der Waals surface area contributed by atoms with Crippen LogP contribution < -0.4 is 0 Å². The van der Waals surface area contributed by atoms with Gasteiger partial charge in [-0.1, -0.05) is 30.4 Å². The molecule has 1 aromatic rings. The molecule has 0 fully saturated rings. The lowest BCUT2D eigenvalue weighted by Crippen LogP contribution is -2.15. The standard InChI is InChI=1S/C11H12OS/c12-10-7-4-8-11(10)13-9-5-2-1-3-6-9/h1-6,8,10-12H,7H2/t10-,11-/m0/s1. The molecule has 1 aliphatic rings. The van der Waals surface area contributed by atoms with Crippen LogP contribution in [0.15, 0.2) is 47.4 Å². The average Bonchev–Trinajstić information content (AvgIpc) is 2.54. The molecule has 2 heteroatoms. The van der Waals surface area contributed by atoms with Gasteiger partial charge in [-0.2, -0.15) is 0 Å². The van der Waals surface area contributed by atoms with E-state index in [0.29, 0.717) is 0 Å². The predicted octanol–water partition coefficient (Wildman–Crippen LogP) is 2.47. The lowest BCUT2D eigenvalue weighted by Gasteiger charge is -2.12. The van der Waals surface area contributed by atoms with E-state index in [1.807, 2.05) is 24.3 Å². The van der Waals surface area contributed by atoms with Gasteiger partial charge < -0.3 is 5.11 Å². The minimum absolute atomic E-state index is 0.204. The molecule has 0 bridgehead atoms. The summed E-state index contributed by atoms with van der Waals surface area (Å²) in [5.41, 5.74) is 0. The predicted molar refractivity (Wildman–Crippen MR) is 55.9 cm³/mol. The molecule has 0 radical (unpaired) electrons. The molecule has 0 saturated carbocycles. The molecular weight excluding hydrogens is 180 g/mol. The topological polar surface area (TPSA) is 20.2 Å². The monoisotopic (exact) mass is 192 g/mol. The Bertz CT molecular complexity index is 294. The number of benzene rings is 1. The van der Waals surface area contributed by atoms with Crippen LogP contribution in [0.1, 0.15) is 6.42 Å². The van der Waals surface area contributed by atoms with Crippen molar-refractivity contribution < 1.29 is 5.11 Å². The summed E-state index contributed by atoms with van der Waals surface area (Å²) in [5, 5.41) is 9.81. The Morgan fingerprint density at radius 3 is 2.62 bits per heavy atom. The fourth-order valence-electron chi connectivity index (χ4n) is 1.39. The van der Waals surface area contributed by atoms with Gasteiger partial charge in [0, 0.05) is 4.90 Å². The SMILES string of the molecule is O[C@H]1CC=C[C@@H]1Sc1ccccc1. The van der Waals surface area contributed by atoms with E-state index in [1.165, 1.54) is 4.90 Å². The summed E-state index contributed by atoms with van der Waals surface area (Å²) < 4.78 is 0. The third-order valence-electron chi connectivity index (χ3n) is 2.10. The summed E-state index contributed by atoms with van der Waals surface area (Å²) in [6.45, 7) is 0. The highest BCUT2D eigenvalue weighted by Crippen LogP contribution is 2.30. The molecular formula is C11H12OS. The van der Waals surface area contributed by atoms with Gasteiger partial charge in [-0.3, -0.25) is 0 Å². The summed E-state index contributed by atoms with van der Waals surface area (Å²) in [6.07, 6.45) is 4.73. The van der Waals surface area contributed by atoms with Gasteiger partial charge in [0.05, 0.1) is 11.4 Å². The molecule has 1 aliphatic carbocycles. The van der Waals surface area contributed by atoms with E-state index in [4.69, 9.17) is 0 Å². The first-order valence-electron chi connectivity index (χ1n) is 4.43. The van der Waals surface area contributed by atoms with Crippen LogP contribution in [0.3, 0.4) is 0 Å². The highest BCUT2D eigenvalue weighted by atomic mass is 32.2. The second kappa shape index (κ2) is 3.99. The number of hydrogen-bond acceptors (Lipinski definition) is 2. The van der Waals surface area contributed by atoms with Crippen LogP contribution in [0.2, 0.25) is 0 Å². The van der Waals surface area contributed by atoms with Gasteiger partial charge in [0.15, 0.2) is 0 Å². The van der Waals surface area contributed by atoms with Crippen molar-refractivity contribution in [3.8, 4) is 0 Å². The van der Waals surface area contributed by atoms with Crippen molar-refractivity contribution >= 4 is 11.8 Å². The highest BCUT2D eigenvalue weighted by Gasteiger charge is 2.20. The molecule has 2 rings (SSSR count). The van der Waals surface area contributed by atoms with Crippen molar-refractivity contribution in [2.75, 3.05) is 0 Å². The number of hydrogen-bond donors (Lipinski definition) is 1.